The van der Waals surface area contributed by atoms with E-state index in [1.54, 1.807) is 24.3 Å². The average Bonchev–Trinajstić information content (AvgIpc) is 2.46. The zero-order valence-electron chi connectivity index (χ0n) is 10.8. The monoisotopic (exact) mass is 274 g/mol. The molecule has 0 aliphatic heterocycles. The Morgan fingerprint density at radius 3 is 2.20 bits per heavy atom. The van der Waals surface area contributed by atoms with E-state index in [1.807, 2.05) is 0 Å². The van der Waals surface area contributed by atoms with E-state index in [2.05, 4.69) is 0 Å². The summed E-state index contributed by atoms with van der Waals surface area (Å²) in [7, 11) is 0. The molecule has 2 aromatic carbocycles. The zero-order chi connectivity index (χ0) is 14.5. The van der Waals surface area contributed by atoms with Crippen LogP contribution in [0.4, 0.5) is 10.1 Å². The largest absolute Gasteiger partial charge is 0.330 e. The van der Waals surface area contributed by atoms with Crippen LogP contribution < -0.4 is 5.73 Å². The van der Waals surface area contributed by atoms with Crippen molar-refractivity contribution in [3.63, 3.8) is 0 Å². The molecule has 4 nitrogen and oxygen atoms in total. The molecule has 0 fully saturated rings. The van der Waals surface area contributed by atoms with Gasteiger partial charge in [0.1, 0.15) is 5.82 Å². The smallest absolute Gasteiger partial charge is 0.269 e. The molecule has 20 heavy (non-hydrogen) atoms. The lowest BCUT2D eigenvalue weighted by molar-refractivity contribution is -0.384. The third-order valence-corrected chi connectivity index (χ3v) is 3.26. The van der Waals surface area contributed by atoms with Gasteiger partial charge < -0.3 is 5.73 Å². The lowest BCUT2D eigenvalue weighted by Gasteiger charge is -2.15. The summed E-state index contributed by atoms with van der Waals surface area (Å²) in [6.45, 7) is 0.433. The number of non-ortho nitro benzene ring substituents is 1. The second-order valence-electron chi connectivity index (χ2n) is 4.61. The first-order valence-electron chi connectivity index (χ1n) is 6.29. The van der Waals surface area contributed by atoms with Gasteiger partial charge in [0.2, 0.25) is 0 Å². The molecular formula is C15H15FN2O2. The molecule has 0 saturated heterocycles. The first-order chi connectivity index (χ1) is 9.60. The summed E-state index contributed by atoms with van der Waals surface area (Å²) in [5, 5.41) is 10.6. The van der Waals surface area contributed by atoms with Gasteiger partial charge in [-0.3, -0.25) is 10.1 Å². The molecule has 0 bridgehead atoms. The van der Waals surface area contributed by atoms with Crippen LogP contribution in [0, 0.1) is 15.9 Å². The van der Waals surface area contributed by atoms with Crippen molar-refractivity contribution in [2.24, 2.45) is 5.73 Å². The summed E-state index contributed by atoms with van der Waals surface area (Å²) in [6.07, 6.45) is 0.667. The molecule has 0 amide bonds. The van der Waals surface area contributed by atoms with E-state index in [-0.39, 0.29) is 17.4 Å². The van der Waals surface area contributed by atoms with Gasteiger partial charge in [-0.1, -0.05) is 24.3 Å². The number of nitrogens with zero attached hydrogens (tertiary/aromatic N) is 1. The molecule has 0 aromatic heterocycles. The van der Waals surface area contributed by atoms with Crippen molar-refractivity contribution in [3.05, 3.63) is 75.6 Å². The topological polar surface area (TPSA) is 69.2 Å². The van der Waals surface area contributed by atoms with Crippen LogP contribution >= 0.6 is 0 Å². The highest BCUT2D eigenvalue weighted by atomic mass is 19.1. The van der Waals surface area contributed by atoms with Crippen LogP contribution in [0.15, 0.2) is 48.5 Å². The maximum Gasteiger partial charge on any atom is 0.269 e. The fraction of sp³-hybridized carbons (Fsp3) is 0.200. The standard InChI is InChI=1S/C15H15FN2O2/c16-14-5-3-12(4-6-14)13(10-17)9-11-1-7-15(8-2-11)18(19)20/h1-8,13H,9-10,17H2. The minimum Gasteiger partial charge on any atom is -0.330 e. The molecule has 2 rings (SSSR count). The Morgan fingerprint density at radius 1 is 1.10 bits per heavy atom. The molecule has 5 heteroatoms. The van der Waals surface area contributed by atoms with Crippen molar-refractivity contribution in [3.8, 4) is 0 Å². The molecule has 2 N–H and O–H groups in total. The van der Waals surface area contributed by atoms with Gasteiger partial charge in [-0.05, 0) is 36.2 Å². The van der Waals surface area contributed by atoms with Crippen molar-refractivity contribution in [2.75, 3.05) is 6.54 Å². The van der Waals surface area contributed by atoms with E-state index in [0.29, 0.717) is 13.0 Å². The van der Waals surface area contributed by atoms with Gasteiger partial charge in [-0.15, -0.1) is 0 Å². The van der Waals surface area contributed by atoms with Crippen LogP contribution in [0.5, 0.6) is 0 Å². The Hall–Kier alpha value is -2.27. The molecule has 104 valence electrons. The number of halogens is 1. The van der Waals surface area contributed by atoms with E-state index < -0.39 is 4.92 Å². The van der Waals surface area contributed by atoms with Crippen molar-refractivity contribution in [1.82, 2.24) is 0 Å². The minimum absolute atomic E-state index is 0.0667. The second-order valence-corrected chi connectivity index (χ2v) is 4.61. The van der Waals surface area contributed by atoms with Crippen LogP contribution in [-0.2, 0) is 6.42 Å². The van der Waals surface area contributed by atoms with Gasteiger partial charge in [0.15, 0.2) is 0 Å². The van der Waals surface area contributed by atoms with E-state index in [1.165, 1.54) is 24.3 Å². The quantitative estimate of drug-likeness (QED) is 0.673. The minimum atomic E-state index is -0.426. The Labute approximate surface area is 116 Å². The molecule has 0 saturated carbocycles. The molecule has 0 heterocycles. The predicted octanol–water partition coefficient (Wildman–Crippen LogP) is 3.02. The summed E-state index contributed by atoms with van der Waals surface area (Å²) < 4.78 is 12.9. The van der Waals surface area contributed by atoms with E-state index in [9.17, 15) is 14.5 Å². The average molecular weight is 274 g/mol. The van der Waals surface area contributed by atoms with Crippen LogP contribution in [0.3, 0.4) is 0 Å². The van der Waals surface area contributed by atoms with Crippen molar-refractivity contribution in [2.45, 2.75) is 12.3 Å². The molecular weight excluding hydrogens is 259 g/mol. The van der Waals surface area contributed by atoms with Gasteiger partial charge in [-0.2, -0.15) is 0 Å². The Morgan fingerprint density at radius 2 is 1.70 bits per heavy atom. The highest BCUT2D eigenvalue weighted by Crippen LogP contribution is 2.22. The Kier molecular flexibility index (Phi) is 4.42. The van der Waals surface area contributed by atoms with Crippen LogP contribution in [0.25, 0.3) is 0 Å². The molecule has 0 aliphatic carbocycles. The van der Waals surface area contributed by atoms with E-state index >= 15 is 0 Å². The summed E-state index contributed by atoms with van der Waals surface area (Å²) in [5.74, 6) is -0.211. The third-order valence-electron chi connectivity index (χ3n) is 3.26. The number of hydrogen-bond donors (Lipinski definition) is 1. The van der Waals surface area contributed by atoms with Crippen molar-refractivity contribution < 1.29 is 9.31 Å². The summed E-state index contributed by atoms with van der Waals surface area (Å²) in [4.78, 5) is 10.2. The van der Waals surface area contributed by atoms with Gasteiger partial charge in [0, 0.05) is 18.1 Å². The fourth-order valence-electron chi connectivity index (χ4n) is 2.11. The molecule has 0 radical (unpaired) electrons. The first kappa shape index (κ1) is 14.1. The highest BCUT2D eigenvalue weighted by Gasteiger charge is 2.12. The van der Waals surface area contributed by atoms with Crippen molar-refractivity contribution in [1.29, 1.82) is 0 Å². The van der Waals surface area contributed by atoms with Gasteiger partial charge in [-0.25, -0.2) is 4.39 Å². The second kappa shape index (κ2) is 6.25. The van der Waals surface area contributed by atoms with Crippen molar-refractivity contribution >= 4 is 5.69 Å². The highest BCUT2D eigenvalue weighted by molar-refractivity contribution is 5.34. The maximum atomic E-state index is 12.9. The number of nitro groups is 1. The predicted molar refractivity (Wildman–Crippen MR) is 75.0 cm³/mol. The van der Waals surface area contributed by atoms with Gasteiger partial charge in [0.25, 0.3) is 5.69 Å². The van der Waals surface area contributed by atoms with Gasteiger partial charge >= 0.3 is 0 Å². The number of hydrogen-bond acceptors (Lipinski definition) is 3. The molecule has 0 aliphatic rings. The maximum absolute atomic E-state index is 12.9. The molecule has 1 atom stereocenters. The van der Waals surface area contributed by atoms with E-state index in [4.69, 9.17) is 5.73 Å². The van der Waals surface area contributed by atoms with E-state index in [0.717, 1.165) is 11.1 Å². The lowest BCUT2D eigenvalue weighted by Crippen LogP contribution is -2.15. The molecule has 1 unspecified atom stereocenters. The summed E-state index contributed by atoms with van der Waals surface area (Å²) in [5.41, 5.74) is 7.77. The zero-order valence-corrected chi connectivity index (χ0v) is 10.8. The first-order valence-corrected chi connectivity index (χ1v) is 6.29. The summed E-state index contributed by atoms with van der Waals surface area (Å²) in [6, 6.07) is 12.7. The Balaban J connectivity index is 2.13. The van der Waals surface area contributed by atoms with Crippen LogP contribution in [0.1, 0.15) is 17.0 Å². The Bertz CT molecular complexity index is 582. The van der Waals surface area contributed by atoms with Crippen LogP contribution in [-0.4, -0.2) is 11.5 Å². The fourth-order valence-corrected chi connectivity index (χ4v) is 2.11. The van der Waals surface area contributed by atoms with Gasteiger partial charge in [0.05, 0.1) is 4.92 Å². The normalized spacial score (nSPS) is 12.1. The third kappa shape index (κ3) is 3.39. The number of nitrogens with two attached hydrogens (primary N) is 1. The SMILES string of the molecule is NCC(Cc1ccc([N+](=O)[O-])cc1)c1ccc(F)cc1. The number of benzene rings is 2. The van der Waals surface area contributed by atoms with Crippen LogP contribution in [0.2, 0.25) is 0 Å². The summed E-state index contributed by atoms with van der Waals surface area (Å²) >= 11 is 0. The molecule has 2 aromatic rings. The number of nitro benzene ring substituents is 1. The lowest BCUT2D eigenvalue weighted by atomic mass is 9.92. The number of rotatable bonds is 5. The molecule has 0 spiro atoms.